The van der Waals surface area contributed by atoms with Crippen molar-refractivity contribution in [3.05, 3.63) is 17.8 Å². The van der Waals surface area contributed by atoms with E-state index >= 15 is 0 Å². The fourth-order valence-electron chi connectivity index (χ4n) is 1.08. The first kappa shape index (κ1) is 12.0. The number of halogens is 3. The molecule has 3 nitrogen and oxygen atoms in total. The van der Waals surface area contributed by atoms with Gasteiger partial charge in [0.05, 0.1) is 12.6 Å². The Bertz CT molecular complexity index is 296. The van der Waals surface area contributed by atoms with Crippen LogP contribution in [0.25, 0.3) is 0 Å². The molecule has 0 saturated heterocycles. The lowest BCUT2D eigenvalue weighted by molar-refractivity contribution is -0.134. The second-order valence-electron chi connectivity index (χ2n) is 3.19. The van der Waals surface area contributed by atoms with E-state index < -0.39 is 12.6 Å². The van der Waals surface area contributed by atoms with E-state index in [4.69, 9.17) is 4.42 Å². The van der Waals surface area contributed by atoms with Gasteiger partial charge < -0.3 is 9.73 Å². The van der Waals surface area contributed by atoms with Crippen molar-refractivity contribution < 1.29 is 17.6 Å². The van der Waals surface area contributed by atoms with E-state index in [0.717, 1.165) is 0 Å². The number of nitrogens with zero attached hydrogens (tertiary/aromatic N) is 1. The van der Waals surface area contributed by atoms with Gasteiger partial charge in [-0.05, 0) is 7.05 Å². The van der Waals surface area contributed by atoms with Crippen molar-refractivity contribution >= 4 is 0 Å². The van der Waals surface area contributed by atoms with Gasteiger partial charge in [0, 0.05) is 19.4 Å². The van der Waals surface area contributed by atoms with Gasteiger partial charge in [-0.1, -0.05) is 0 Å². The largest absolute Gasteiger partial charge is 0.446 e. The zero-order chi connectivity index (χ0) is 11.3. The number of aryl methyl sites for hydroxylation is 1. The topological polar surface area (TPSA) is 38.1 Å². The summed E-state index contributed by atoms with van der Waals surface area (Å²) < 4.78 is 40.8. The van der Waals surface area contributed by atoms with E-state index in [1.165, 1.54) is 6.20 Å². The third kappa shape index (κ3) is 4.83. The first-order valence-electron chi connectivity index (χ1n) is 4.66. The van der Waals surface area contributed by atoms with Gasteiger partial charge in [-0.3, -0.25) is 0 Å². The predicted molar refractivity (Wildman–Crippen MR) is 48.5 cm³/mol. The Balaban J connectivity index is 2.39. The number of likely N-dealkylation sites (N-methyl/N-ethyl adjacent to an activating group) is 1. The first-order chi connectivity index (χ1) is 7.01. The molecule has 0 bridgehead atoms. The molecule has 1 aromatic rings. The summed E-state index contributed by atoms with van der Waals surface area (Å²) >= 11 is 0. The SMILES string of the molecule is CNCCc1ncc(CCC(F)(F)F)o1. The molecule has 0 unspecified atom stereocenters. The molecule has 0 aliphatic rings. The summed E-state index contributed by atoms with van der Waals surface area (Å²) in [5.74, 6) is 0.764. The predicted octanol–water partition coefficient (Wildman–Crippen LogP) is 1.93. The molecular formula is C9H13F3N2O. The molecule has 0 fully saturated rings. The summed E-state index contributed by atoms with van der Waals surface area (Å²) in [6, 6.07) is 0. The fraction of sp³-hybridized carbons (Fsp3) is 0.667. The molecule has 0 saturated carbocycles. The highest BCUT2D eigenvalue weighted by atomic mass is 19.4. The van der Waals surface area contributed by atoms with Gasteiger partial charge in [0.2, 0.25) is 0 Å². The number of aromatic nitrogens is 1. The van der Waals surface area contributed by atoms with Crippen molar-refractivity contribution in [3.63, 3.8) is 0 Å². The Morgan fingerprint density at radius 1 is 1.40 bits per heavy atom. The summed E-state index contributed by atoms with van der Waals surface area (Å²) in [4.78, 5) is 3.88. The zero-order valence-corrected chi connectivity index (χ0v) is 8.40. The van der Waals surface area contributed by atoms with Gasteiger partial charge >= 0.3 is 6.18 Å². The molecule has 0 atom stereocenters. The van der Waals surface area contributed by atoms with E-state index in [2.05, 4.69) is 10.3 Å². The Labute approximate surface area is 85.7 Å². The Kier molecular flexibility index (Phi) is 4.14. The molecule has 0 aliphatic carbocycles. The first-order valence-corrected chi connectivity index (χ1v) is 4.66. The molecule has 1 rings (SSSR count). The maximum Gasteiger partial charge on any atom is 0.389 e. The minimum absolute atomic E-state index is 0.143. The van der Waals surface area contributed by atoms with Crippen LogP contribution in [-0.2, 0) is 12.8 Å². The van der Waals surface area contributed by atoms with Crippen LogP contribution < -0.4 is 5.32 Å². The molecule has 1 heterocycles. The molecule has 0 radical (unpaired) electrons. The number of hydrogen-bond donors (Lipinski definition) is 1. The van der Waals surface area contributed by atoms with Crippen molar-refractivity contribution in [2.45, 2.75) is 25.4 Å². The number of nitrogens with one attached hydrogen (secondary N) is 1. The van der Waals surface area contributed by atoms with Crippen molar-refractivity contribution in [3.8, 4) is 0 Å². The van der Waals surface area contributed by atoms with Crippen LogP contribution in [0.1, 0.15) is 18.1 Å². The lowest BCUT2D eigenvalue weighted by atomic mass is 10.2. The fourth-order valence-corrected chi connectivity index (χ4v) is 1.08. The van der Waals surface area contributed by atoms with Crippen LogP contribution in [0.4, 0.5) is 13.2 Å². The molecule has 6 heteroatoms. The van der Waals surface area contributed by atoms with Gasteiger partial charge in [-0.25, -0.2) is 4.98 Å². The Morgan fingerprint density at radius 3 is 2.73 bits per heavy atom. The number of hydrogen-bond acceptors (Lipinski definition) is 3. The van der Waals surface area contributed by atoms with Crippen molar-refractivity contribution in [1.82, 2.24) is 10.3 Å². The maximum atomic E-state index is 11.9. The van der Waals surface area contributed by atoms with Crippen LogP contribution in [0.2, 0.25) is 0 Å². The second-order valence-corrected chi connectivity index (χ2v) is 3.19. The van der Waals surface area contributed by atoms with Crippen LogP contribution in [0, 0.1) is 0 Å². The van der Waals surface area contributed by atoms with E-state index in [9.17, 15) is 13.2 Å². The zero-order valence-electron chi connectivity index (χ0n) is 8.40. The van der Waals surface area contributed by atoms with Crippen LogP contribution in [0.15, 0.2) is 10.6 Å². The Morgan fingerprint density at radius 2 is 2.13 bits per heavy atom. The average Bonchev–Trinajstić information content (AvgIpc) is 2.58. The standard InChI is InChI=1S/C9H13F3N2O/c1-13-5-3-8-14-6-7(15-8)2-4-9(10,11)12/h6,13H,2-5H2,1H3. The van der Waals surface area contributed by atoms with Crippen LogP contribution in [0.3, 0.4) is 0 Å². The van der Waals surface area contributed by atoms with Gasteiger partial charge in [0.15, 0.2) is 5.89 Å². The summed E-state index contributed by atoms with van der Waals surface area (Å²) in [6.45, 7) is 0.694. The second kappa shape index (κ2) is 5.16. The molecule has 0 aromatic carbocycles. The average molecular weight is 222 g/mol. The number of alkyl halides is 3. The third-order valence-corrected chi connectivity index (χ3v) is 1.85. The van der Waals surface area contributed by atoms with E-state index in [1.54, 1.807) is 7.05 Å². The van der Waals surface area contributed by atoms with E-state index in [-0.39, 0.29) is 6.42 Å². The van der Waals surface area contributed by atoms with Gasteiger partial charge in [0.25, 0.3) is 0 Å². The monoisotopic (exact) mass is 222 g/mol. The summed E-state index contributed by atoms with van der Waals surface area (Å²) in [5.41, 5.74) is 0. The summed E-state index contributed by atoms with van der Waals surface area (Å²) in [5, 5.41) is 2.90. The van der Waals surface area contributed by atoms with Gasteiger partial charge in [0.1, 0.15) is 5.76 Å². The molecule has 15 heavy (non-hydrogen) atoms. The minimum Gasteiger partial charge on any atom is -0.446 e. The highest BCUT2D eigenvalue weighted by molar-refractivity contribution is 4.95. The van der Waals surface area contributed by atoms with Crippen molar-refractivity contribution in [2.75, 3.05) is 13.6 Å². The summed E-state index contributed by atoms with van der Waals surface area (Å²) in [7, 11) is 1.79. The molecule has 1 aromatic heterocycles. The Hall–Kier alpha value is -1.04. The minimum atomic E-state index is -4.14. The third-order valence-electron chi connectivity index (χ3n) is 1.85. The molecule has 0 amide bonds. The van der Waals surface area contributed by atoms with Crippen molar-refractivity contribution in [2.24, 2.45) is 0 Å². The van der Waals surface area contributed by atoms with Crippen LogP contribution in [-0.4, -0.2) is 24.8 Å². The smallest absolute Gasteiger partial charge is 0.389 e. The van der Waals surface area contributed by atoms with Crippen molar-refractivity contribution in [1.29, 1.82) is 0 Å². The van der Waals surface area contributed by atoms with Gasteiger partial charge in [-0.2, -0.15) is 13.2 Å². The molecule has 86 valence electrons. The summed E-state index contributed by atoms with van der Waals surface area (Å²) in [6.07, 6.45) is -3.21. The molecule has 1 N–H and O–H groups in total. The lowest BCUT2D eigenvalue weighted by Crippen LogP contribution is -2.10. The highest BCUT2D eigenvalue weighted by Crippen LogP contribution is 2.22. The van der Waals surface area contributed by atoms with Gasteiger partial charge in [-0.15, -0.1) is 0 Å². The van der Waals surface area contributed by atoms with E-state index in [1.807, 2.05) is 0 Å². The number of rotatable bonds is 5. The van der Waals surface area contributed by atoms with E-state index in [0.29, 0.717) is 24.6 Å². The molecule has 0 aliphatic heterocycles. The molecular weight excluding hydrogens is 209 g/mol. The normalized spacial score (nSPS) is 12.0. The molecule has 0 spiro atoms. The van der Waals surface area contributed by atoms with Crippen LogP contribution in [0.5, 0.6) is 0 Å². The quantitative estimate of drug-likeness (QED) is 0.827. The highest BCUT2D eigenvalue weighted by Gasteiger charge is 2.27. The van der Waals surface area contributed by atoms with Crippen LogP contribution >= 0.6 is 0 Å². The lowest BCUT2D eigenvalue weighted by Gasteiger charge is -2.02. The number of oxazole rings is 1. The maximum absolute atomic E-state index is 11.9.